The summed E-state index contributed by atoms with van der Waals surface area (Å²) >= 11 is 0. The largest absolute Gasteiger partial charge is 0.417 e. The van der Waals surface area contributed by atoms with Crippen LogP contribution in [-0.2, 0) is 32.2 Å². The summed E-state index contributed by atoms with van der Waals surface area (Å²) in [5.74, 6) is -1.37. The molecule has 0 aromatic heterocycles. The number of nitrogens with zero attached hydrogens (tertiary/aromatic N) is 1. The molecule has 6 nitrogen and oxygen atoms in total. The van der Waals surface area contributed by atoms with Gasteiger partial charge in [0.25, 0.3) is 15.9 Å². The van der Waals surface area contributed by atoms with E-state index in [9.17, 15) is 31.2 Å². The van der Waals surface area contributed by atoms with E-state index in [1.807, 2.05) is 30.3 Å². The molecular weight excluding hydrogens is 433 g/mol. The monoisotopic (exact) mass is 454 g/mol. The quantitative estimate of drug-likeness (QED) is 0.727. The molecule has 1 saturated heterocycles. The molecule has 1 N–H and O–H groups in total. The van der Waals surface area contributed by atoms with Crippen molar-refractivity contribution < 1.29 is 31.2 Å². The van der Waals surface area contributed by atoms with Crippen LogP contribution in [0.3, 0.4) is 0 Å². The van der Waals surface area contributed by atoms with Gasteiger partial charge in [0.05, 0.1) is 10.5 Å². The molecule has 1 heterocycles. The van der Waals surface area contributed by atoms with Crippen LogP contribution >= 0.6 is 0 Å². The summed E-state index contributed by atoms with van der Waals surface area (Å²) < 4.78 is 66.4. The van der Waals surface area contributed by atoms with Crippen LogP contribution < -0.4 is 4.72 Å². The summed E-state index contributed by atoms with van der Waals surface area (Å²) in [4.78, 5) is 25.5. The van der Waals surface area contributed by atoms with E-state index in [4.69, 9.17) is 0 Å². The number of sulfonamides is 1. The highest BCUT2D eigenvalue weighted by Gasteiger charge is 2.50. The van der Waals surface area contributed by atoms with Gasteiger partial charge in [-0.3, -0.25) is 9.59 Å². The van der Waals surface area contributed by atoms with Gasteiger partial charge in [-0.15, -0.1) is 0 Å². The van der Waals surface area contributed by atoms with Gasteiger partial charge in [-0.1, -0.05) is 42.5 Å². The van der Waals surface area contributed by atoms with Gasteiger partial charge in [0.1, 0.15) is 5.54 Å². The fourth-order valence-corrected chi connectivity index (χ4v) is 4.75. The molecule has 10 heteroatoms. The molecule has 3 rings (SSSR count). The number of carbonyl (C=O) groups is 2. The minimum absolute atomic E-state index is 0.122. The Morgan fingerprint density at radius 3 is 2.26 bits per heavy atom. The first-order valence-corrected chi connectivity index (χ1v) is 11.0. The van der Waals surface area contributed by atoms with Gasteiger partial charge in [0, 0.05) is 13.0 Å². The number of benzene rings is 2. The summed E-state index contributed by atoms with van der Waals surface area (Å²) in [7, 11) is -4.79. The Labute approximate surface area is 178 Å². The van der Waals surface area contributed by atoms with Gasteiger partial charge in [-0.25, -0.2) is 13.1 Å². The second kappa shape index (κ2) is 8.33. The van der Waals surface area contributed by atoms with Crippen LogP contribution in [0.5, 0.6) is 0 Å². The first-order valence-electron chi connectivity index (χ1n) is 9.53. The van der Waals surface area contributed by atoms with Crippen LogP contribution in [0.15, 0.2) is 59.5 Å². The first kappa shape index (κ1) is 22.8. The lowest BCUT2D eigenvalue weighted by atomic mass is 9.85. The van der Waals surface area contributed by atoms with Crippen LogP contribution in [-0.4, -0.2) is 37.2 Å². The number of nitrogens with one attached hydrogen (secondary N) is 1. The predicted octanol–water partition coefficient (Wildman–Crippen LogP) is 3.13. The van der Waals surface area contributed by atoms with E-state index in [-0.39, 0.29) is 25.3 Å². The fourth-order valence-electron chi connectivity index (χ4n) is 3.45. The Balaban J connectivity index is 1.73. The molecular formula is C21H21F3N2O4S. The lowest BCUT2D eigenvalue weighted by Crippen LogP contribution is -2.67. The number of hydrogen-bond donors (Lipinski definition) is 1. The van der Waals surface area contributed by atoms with Crippen molar-refractivity contribution in [3.63, 3.8) is 0 Å². The Morgan fingerprint density at radius 1 is 1.06 bits per heavy atom. The maximum atomic E-state index is 13.2. The highest BCUT2D eigenvalue weighted by atomic mass is 32.2. The van der Waals surface area contributed by atoms with Crippen molar-refractivity contribution in [3.8, 4) is 0 Å². The number of alkyl halides is 3. The molecule has 2 amide bonds. The van der Waals surface area contributed by atoms with E-state index in [2.05, 4.69) is 0 Å². The maximum absolute atomic E-state index is 13.2. The normalized spacial score (nSPS) is 18.9. The predicted molar refractivity (Wildman–Crippen MR) is 106 cm³/mol. The molecule has 0 saturated carbocycles. The first-order chi connectivity index (χ1) is 14.4. The number of carbonyl (C=O) groups excluding carboxylic acids is 2. The molecule has 31 heavy (non-hydrogen) atoms. The Bertz CT molecular complexity index is 1090. The molecule has 1 aliphatic heterocycles. The van der Waals surface area contributed by atoms with E-state index >= 15 is 0 Å². The molecule has 1 fully saturated rings. The van der Waals surface area contributed by atoms with Crippen molar-refractivity contribution >= 4 is 21.8 Å². The zero-order valence-corrected chi connectivity index (χ0v) is 17.5. The van der Waals surface area contributed by atoms with Gasteiger partial charge in [-0.2, -0.15) is 13.2 Å². The van der Waals surface area contributed by atoms with Gasteiger partial charge in [0.2, 0.25) is 5.91 Å². The van der Waals surface area contributed by atoms with E-state index in [0.29, 0.717) is 12.5 Å². The van der Waals surface area contributed by atoms with Crippen molar-refractivity contribution in [3.05, 3.63) is 65.7 Å². The van der Waals surface area contributed by atoms with E-state index in [0.717, 1.165) is 23.8 Å². The van der Waals surface area contributed by atoms with Gasteiger partial charge < -0.3 is 4.90 Å². The second-order valence-corrected chi connectivity index (χ2v) is 9.13. The van der Waals surface area contributed by atoms with Crippen LogP contribution in [0.2, 0.25) is 0 Å². The minimum Gasteiger partial charge on any atom is -0.328 e. The molecule has 166 valence electrons. The standard InChI is InChI=1S/C21H21F3N2O4S/c1-20(13-14-26(20)18(27)12-11-15-7-3-2-4-8-15)19(28)25-31(29,30)17-10-6-5-9-16(17)21(22,23)24/h2-10H,11-14H2,1H3,(H,25,28). The summed E-state index contributed by atoms with van der Waals surface area (Å²) in [6.45, 7) is 1.66. The van der Waals surface area contributed by atoms with Crippen molar-refractivity contribution in [1.82, 2.24) is 9.62 Å². The number of rotatable bonds is 6. The Kier molecular flexibility index (Phi) is 6.13. The smallest absolute Gasteiger partial charge is 0.328 e. The van der Waals surface area contributed by atoms with E-state index in [1.165, 1.54) is 11.8 Å². The number of aryl methyl sites for hydroxylation is 1. The SMILES string of the molecule is CC1(C(=O)NS(=O)(=O)c2ccccc2C(F)(F)F)CCN1C(=O)CCc1ccccc1. The fraction of sp³-hybridized carbons (Fsp3) is 0.333. The van der Waals surface area contributed by atoms with Crippen molar-refractivity contribution in [2.75, 3.05) is 6.54 Å². The average Bonchev–Trinajstić information content (AvgIpc) is 2.70. The minimum atomic E-state index is -4.91. The van der Waals surface area contributed by atoms with Crippen LogP contribution in [0.4, 0.5) is 13.2 Å². The topological polar surface area (TPSA) is 83.6 Å². The lowest BCUT2D eigenvalue weighted by Gasteiger charge is -2.49. The zero-order chi connectivity index (χ0) is 22.9. The molecule has 1 atom stereocenters. The highest BCUT2D eigenvalue weighted by Crippen LogP contribution is 2.35. The zero-order valence-electron chi connectivity index (χ0n) is 16.6. The number of likely N-dealkylation sites (tertiary alicyclic amines) is 1. The van der Waals surface area contributed by atoms with Gasteiger partial charge >= 0.3 is 6.18 Å². The Morgan fingerprint density at radius 2 is 1.68 bits per heavy atom. The van der Waals surface area contributed by atoms with Crippen LogP contribution in [0.1, 0.15) is 30.9 Å². The summed E-state index contributed by atoms with van der Waals surface area (Å²) in [6.07, 6.45) is -4.14. The van der Waals surface area contributed by atoms with Crippen LogP contribution in [0, 0.1) is 0 Å². The van der Waals surface area contributed by atoms with E-state index in [1.54, 1.807) is 4.72 Å². The Hall–Kier alpha value is -2.88. The molecule has 0 bridgehead atoms. The lowest BCUT2D eigenvalue weighted by molar-refractivity contribution is -0.156. The molecule has 2 aromatic rings. The third kappa shape index (κ3) is 4.73. The van der Waals surface area contributed by atoms with Gasteiger partial charge in [0.15, 0.2) is 0 Å². The summed E-state index contributed by atoms with van der Waals surface area (Å²) in [5, 5.41) is 0. The molecule has 1 unspecified atom stereocenters. The summed E-state index contributed by atoms with van der Waals surface area (Å²) in [6, 6.07) is 12.9. The molecule has 1 aliphatic rings. The third-order valence-corrected chi connectivity index (χ3v) is 6.78. The third-order valence-electron chi connectivity index (χ3n) is 5.39. The molecule has 0 aliphatic carbocycles. The van der Waals surface area contributed by atoms with Crippen molar-refractivity contribution in [2.24, 2.45) is 0 Å². The molecule has 2 aromatic carbocycles. The summed E-state index contributed by atoms with van der Waals surface area (Å²) in [5.41, 5.74) is -1.88. The maximum Gasteiger partial charge on any atom is 0.417 e. The van der Waals surface area contributed by atoms with Gasteiger partial charge in [-0.05, 0) is 37.5 Å². The molecule has 0 spiro atoms. The molecule has 0 radical (unpaired) electrons. The number of amides is 2. The van der Waals surface area contributed by atoms with Crippen LogP contribution in [0.25, 0.3) is 0 Å². The van der Waals surface area contributed by atoms with E-state index < -0.39 is 38.1 Å². The second-order valence-electron chi connectivity index (χ2n) is 7.48. The van der Waals surface area contributed by atoms with Crippen molar-refractivity contribution in [2.45, 2.75) is 42.8 Å². The number of hydrogen-bond acceptors (Lipinski definition) is 4. The highest BCUT2D eigenvalue weighted by molar-refractivity contribution is 7.90. The average molecular weight is 454 g/mol. The van der Waals surface area contributed by atoms with Crippen molar-refractivity contribution in [1.29, 1.82) is 0 Å². The number of halogens is 3.